The quantitative estimate of drug-likeness (QED) is 0.278. The second-order valence-corrected chi connectivity index (χ2v) is 9.81. The summed E-state index contributed by atoms with van der Waals surface area (Å²) in [6.07, 6.45) is 1.22. The number of rotatable bonds is 8. The van der Waals surface area contributed by atoms with Crippen molar-refractivity contribution in [2.75, 3.05) is 19.8 Å². The van der Waals surface area contributed by atoms with Gasteiger partial charge in [0.2, 0.25) is 0 Å². The van der Waals surface area contributed by atoms with E-state index in [9.17, 15) is 13.2 Å². The van der Waals surface area contributed by atoms with Crippen LogP contribution in [0.4, 0.5) is 0 Å². The third-order valence-corrected chi connectivity index (χ3v) is 8.12. The lowest BCUT2D eigenvalue weighted by molar-refractivity contribution is -0.134. The lowest BCUT2D eigenvalue weighted by Gasteiger charge is -2.34. The Hall–Kier alpha value is -2.95. The third kappa shape index (κ3) is 5.24. The number of aromatic nitrogens is 1. The Kier molecular flexibility index (Phi) is 8.65. The molecule has 1 aliphatic rings. The Morgan fingerprint density at radius 1 is 1.12 bits per heavy atom. The third-order valence-electron chi connectivity index (χ3n) is 5.61. The summed E-state index contributed by atoms with van der Waals surface area (Å²) < 4.78 is 41.3. The van der Waals surface area contributed by atoms with Crippen molar-refractivity contribution >= 4 is 26.8 Å². The Morgan fingerprint density at radius 3 is 2.44 bits per heavy atom. The average Bonchev–Trinajstić information content (AvgIpc) is 3.31. The van der Waals surface area contributed by atoms with Crippen LogP contribution in [0.2, 0.25) is 0 Å². The maximum atomic E-state index is 13.2. The van der Waals surface area contributed by atoms with Gasteiger partial charge in [-0.15, -0.1) is 0 Å². The predicted molar refractivity (Wildman–Crippen MR) is 126 cm³/mol. The monoisotopic (exact) mass is 490 g/mol. The Morgan fingerprint density at radius 2 is 1.79 bits per heavy atom. The molecule has 1 saturated heterocycles. The van der Waals surface area contributed by atoms with Crippen LogP contribution in [0.1, 0.15) is 39.0 Å². The zero-order valence-corrected chi connectivity index (χ0v) is 20.1. The number of oxazole rings is 1. The number of para-hydroxylation sites is 2. The van der Waals surface area contributed by atoms with Gasteiger partial charge in [-0.2, -0.15) is 0 Å². The van der Waals surface area contributed by atoms with E-state index < -0.39 is 20.5 Å². The summed E-state index contributed by atoms with van der Waals surface area (Å²) in [7, 11) is -4.05. The molecule has 1 aliphatic heterocycles. The van der Waals surface area contributed by atoms with E-state index in [1.54, 1.807) is 12.1 Å². The number of hydrogen-bond donors (Lipinski definition) is 2. The van der Waals surface area contributed by atoms with Crippen LogP contribution in [0.15, 0.2) is 57.8 Å². The van der Waals surface area contributed by atoms with Crippen molar-refractivity contribution in [3.05, 3.63) is 54.4 Å². The molecule has 0 atom stereocenters. The number of hydrogen-bond acceptors (Lipinski definition) is 8. The molecule has 0 aliphatic carbocycles. The lowest BCUT2D eigenvalue weighted by atomic mass is 9.98. The number of fused-ring (bicyclic) bond motifs is 1. The summed E-state index contributed by atoms with van der Waals surface area (Å²) >= 11 is 0. The molecule has 34 heavy (non-hydrogen) atoms. The summed E-state index contributed by atoms with van der Waals surface area (Å²) in [5.74, 6) is 0.203. The average molecular weight is 491 g/mol. The summed E-state index contributed by atoms with van der Waals surface area (Å²) in [4.78, 5) is 16.7. The Balaban J connectivity index is 0.00000158. The predicted octanol–water partition coefficient (Wildman–Crippen LogP) is 3.69. The molecule has 0 saturated carbocycles. The molecule has 9 nitrogen and oxygen atoms in total. The van der Waals surface area contributed by atoms with Crippen LogP contribution in [0.3, 0.4) is 0 Å². The van der Waals surface area contributed by atoms with Gasteiger partial charge in [-0.25, -0.2) is 18.9 Å². The number of nitrogens with zero attached hydrogens (tertiary/aromatic N) is 1. The largest absolute Gasteiger partial charge is 0.494 e. The Labute approximate surface area is 199 Å². The normalized spacial score (nSPS) is 15.3. The first kappa shape index (κ1) is 25.7. The van der Waals surface area contributed by atoms with Crippen molar-refractivity contribution in [3.63, 3.8) is 0 Å². The molecule has 2 aromatic carbocycles. The fourth-order valence-corrected chi connectivity index (χ4v) is 5.74. The molecule has 1 aromatic heterocycles. The smallest absolute Gasteiger partial charge is 0.265 e. The second kappa shape index (κ2) is 11.5. The Bertz CT molecular complexity index is 1150. The number of hydroxylamine groups is 1. The van der Waals surface area contributed by atoms with Gasteiger partial charge in [0.25, 0.3) is 5.91 Å². The minimum absolute atomic E-state index is 0.0122. The molecule has 0 unspecified atom stereocenters. The van der Waals surface area contributed by atoms with Crippen LogP contribution < -0.4 is 10.2 Å². The van der Waals surface area contributed by atoms with Crippen molar-refractivity contribution in [1.29, 1.82) is 0 Å². The van der Waals surface area contributed by atoms with E-state index in [0.29, 0.717) is 31.1 Å². The topological polar surface area (TPSA) is 128 Å². The van der Waals surface area contributed by atoms with Gasteiger partial charge in [-0.3, -0.25) is 10.0 Å². The van der Waals surface area contributed by atoms with Crippen LogP contribution in [0.5, 0.6) is 5.75 Å². The van der Waals surface area contributed by atoms with Gasteiger partial charge in [-0.1, -0.05) is 26.0 Å². The highest BCUT2D eigenvalue weighted by atomic mass is 32.2. The molecule has 10 heteroatoms. The highest BCUT2D eigenvalue weighted by molar-refractivity contribution is 7.93. The van der Waals surface area contributed by atoms with Gasteiger partial charge in [0.05, 0.1) is 11.5 Å². The molecule has 2 N–H and O–H groups in total. The molecule has 2 heterocycles. The minimum Gasteiger partial charge on any atom is -0.494 e. The molecule has 3 aromatic rings. The number of benzene rings is 2. The first-order chi connectivity index (χ1) is 16.5. The van der Waals surface area contributed by atoms with E-state index in [1.165, 1.54) is 17.6 Å². The van der Waals surface area contributed by atoms with Crippen LogP contribution in [-0.2, 0) is 25.8 Å². The number of nitrogens with one attached hydrogen (secondary N) is 1. The van der Waals surface area contributed by atoms with E-state index in [2.05, 4.69) is 4.98 Å². The van der Waals surface area contributed by atoms with Crippen LogP contribution >= 0.6 is 0 Å². The first-order valence-corrected chi connectivity index (χ1v) is 12.8. The van der Waals surface area contributed by atoms with Crippen molar-refractivity contribution in [3.8, 4) is 5.75 Å². The molecular weight excluding hydrogens is 460 g/mol. The SMILES string of the molecule is CC.O=C(NO)C1(S(=O)(=O)c2ccc(OCCCc3nc4ccccc4o3)cc2)CCOCC1. The van der Waals surface area contributed by atoms with Crippen LogP contribution in [0.25, 0.3) is 11.1 Å². The van der Waals surface area contributed by atoms with Crippen molar-refractivity contribution in [2.24, 2.45) is 0 Å². The van der Waals surface area contributed by atoms with Crippen molar-refractivity contribution < 1.29 is 32.3 Å². The van der Waals surface area contributed by atoms with E-state index in [0.717, 1.165) is 11.1 Å². The standard InChI is InChI=1S/C22H24N2O7S.C2H6/c25-21(24-26)22(11-14-29-15-12-22)32(27,28)17-9-7-16(8-10-17)30-13-3-6-20-23-18-4-1-2-5-19(18)31-20;1-2/h1-2,4-5,7-10,26H,3,6,11-15H2,(H,24,25);1-2H3. The minimum atomic E-state index is -4.05. The summed E-state index contributed by atoms with van der Waals surface area (Å²) in [6.45, 7) is 4.64. The van der Waals surface area contributed by atoms with Crippen LogP contribution in [0, 0.1) is 0 Å². The molecule has 184 valence electrons. The van der Waals surface area contributed by atoms with Gasteiger partial charge < -0.3 is 13.9 Å². The van der Waals surface area contributed by atoms with Gasteiger partial charge >= 0.3 is 0 Å². The summed E-state index contributed by atoms with van der Waals surface area (Å²) in [5, 5.41) is 9.11. The van der Waals surface area contributed by atoms with Gasteiger partial charge in [0.1, 0.15) is 11.3 Å². The van der Waals surface area contributed by atoms with E-state index in [4.69, 9.17) is 19.1 Å². The molecule has 1 fully saturated rings. The maximum Gasteiger partial charge on any atom is 0.265 e. The second-order valence-electron chi connectivity index (χ2n) is 7.55. The van der Waals surface area contributed by atoms with E-state index >= 15 is 0 Å². The molecule has 4 rings (SSSR count). The highest BCUT2D eigenvalue weighted by Crippen LogP contribution is 2.35. The van der Waals surface area contributed by atoms with Gasteiger partial charge in [0.15, 0.2) is 26.1 Å². The number of amides is 1. The molecule has 0 spiro atoms. The van der Waals surface area contributed by atoms with E-state index in [1.807, 2.05) is 38.1 Å². The maximum absolute atomic E-state index is 13.2. The van der Waals surface area contributed by atoms with Crippen LogP contribution in [-0.4, -0.2) is 49.1 Å². The lowest BCUT2D eigenvalue weighted by Crippen LogP contribution is -2.54. The summed E-state index contributed by atoms with van der Waals surface area (Å²) in [6, 6.07) is 13.5. The first-order valence-electron chi connectivity index (χ1n) is 11.3. The van der Waals surface area contributed by atoms with Gasteiger partial charge in [0, 0.05) is 19.6 Å². The number of ether oxygens (including phenoxy) is 2. The van der Waals surface area contributed by atoms with E-state index in [-0.39, 0.29) is 31.0 Å². The molecule has 1 amide bonds. The number of carbonyl (C=O) groups is 1. The molecular formula is C24H30N2O7S. The van der Waals surface area contributed by atoms with Crippen molar-refractivity contribution in [1.82, 2.24) is 10.5 Å². The highest BCUT2D eigenvalue weighted by Gasteiger charge is 2.52. The van der Waals surface area contributed by atoms with Gasteiger partial charge in [-0.05, 0) is 55.7 Å². The zero-order chi connectivity index (χ0) is 24.6. The number of sulfone groups is 1. The van der Waals surface area contributed by atoms with Crippen molar-refractivity contribution in [2.45, 2.75) is 49.2 Å². The summed E-state index contributed by atoms with van der Waals surface area (Å²) in [5.41, 5.74) is 3.07. The zero-order valence-electron chi connectivity index (χ0n) is 19.3. The number of carbonyl (C=O) groups excluding carboxylic acids is 1. The number of aryl methyl sites for hydroxylation is 1. The molecule has 0 bridgehead atoms. The molecule has 0 radical (unpaired) electrons. The fourth-order valence-electron chi connectivity index (χ4n) is 3.80. The fraction of sp³-hybridized carbons (Fsp3) is 0.417.